The van der Waals surface area contributed by atoms with E-state index < -0.39 is 23.6 Å². The highest BCUT2D eigenvalue weighted by atomic mass is 16.5. The average Bonchev–Trinajstić information content (AvgIpc) is 2.60. The lowest BCUT2D eigenvalue weighted by Gasteiger charge is -2.18. The summed E-state index contributed by atoms with van der Waals surface area (Å²) in [6.45, 7) is 3.90. The zero-order valence-corrected chi connectivity index (χ0v) is 9.79. The van der Waals surface area contributed by atoms with Crippen molar-refractivity contribution >= 4 is 0 Å². The van der Waals surface area contributed by atoms with Gasteiger partial charge in [-0.05, 0) is 5.92 Å². The van der Waals surface area contributed by atoms with Crippen molar-refractivity contribution in [1.82, 2.24) is 9.55 Å². The molecule has 2 N–H and O–H groups in total. The maximum absolute atomic E-state index is 11.6. The van der Waals surface area contributed by atoms with Crippen molar-refractivity contribution in [2.24, 2.45) is 5.92 Å². The highest BCUT2D eigenvalue weighted by Crippen LogP contribution is 2.31. The van der Waals surface area contributed by atoms with Crippen molar-refractivity contribution in [3.05, 3.63) is 33.1 Å². The maximum atomic E-state index is 11.6. The van der Waals surface area contributed by atoms with E-state index in [2.05, 4.69) is 4.98 Å². The highest BCUT2D eigenvalue weighted by Gasteiger charge is 2.36. The Morgan fingerprint density at radius 2 is 2.24 bits per heavy atom. The summed E-state index contributed by atoms with van der Waals surface area (Å²) >= 11 is 0. The van der Waals surface area contributed by atoms with E-state index in [0.717, 1.165) is 0 Å². The molecule has 0 spiro atoms. The summed E-state index contributed by atoms with van der Waals surface area (Å²) in [5, 5.41) is 9.82. The zero-order valence-electron chi connectivity index (χ0n) is 9.79. The van der Waals surface area contributed by atoms with Crippen LogP contribution in [0.3, 0.4) is 0 Å². The molecule has 0 bridgehead atoms. The molecule has 1 saturated heterocycles. The highest BCUT2D eigenvalue weighted by molar-refractivity contribution is 4.89. The Hall–Kier alpha value is -1.40. The van der Waals surface area contributed by atoms with Gasteiger partial charge in [0.05, 0.1) is 12.2 Å². The molecule has 0 aliphatic carbocycles. The maximum Gasteiger partial charge on any atom is 0.330 e. The molecule has 1 fully saturated rings. The third-order valence-electron chi connectivity index (χ3n) is 2.96. The van der Waals surface area contributed by atoms with Crippen molar-refractivity contribution in [3.63, 3.8) is 0 Å². The molecule has 1 aliphatic rings. The molecule has 3 atom stereocenters. The molecule has 94 valence electrons. The standard InChI is InChI=1S/C11H16N2O4/c1-6(2)10-7(14)5-9(17-10)13-4-3-8(15)12-11(13)16/h3-4,6-7,9-10,14H,5H2,1-2H3,(H,12,15,16)/t7?,9-,10-/m1/s1. The molecule has 0 radical (unpaired) electrons. The largest absolute Gasteiger partial charge is 0.390 e. The van der Waals surface area contributed by atoms with Crippen molar-refractivity contribution < 1.29 is 9.84 Å². The summed E-state index contributed by atoms with van der Waals surface area (Å²) in [6.07, 6.45) is 0.371. The number of aliphatic hydroxyl groups is 1. The van der Waals surface area contributed by atoms with Gasteiger partial charge in [0.15, 0.2) is 0 Å². The summed E-state index contributed by atoms with van der Waals surface area (Å²) in [5.74, 6) is 0.175. The van der Waals surface area contributed by atoms with E-state index >= 15 is 0 Å². The van der Waals surface area contributed by atoms with Crippen LogP contribution >= 0.6 is 0 Å². The fourth-order valence-corrected chi connectivity index (χ4v) is 2.10. The molecule has 1 aromatic heterocycles. The van der Waals surface area contributed by atoms with E-state index in [1.165, 1.54) is 16.8 Å². The molecule has 2 rings (SSSR count). The number of rotatable bonds is 2. The first kappa shape index (κ1) is 12.1. The van der Waals surface area contributed by atoms with Gasteiger partial charge in [0.25, 0.3) is 5.56 Å². The summed E-state index contributed by atoms with van der Waals surface area (Å²) in [6, 6.07) is 1.26. The van der Waals surface area contributed by atoms with Crippen molar-refractivity contribution in [2.75, 3.05) is 0 Å². The van der Waals surface area contributed by atoms with Gasteiger partial charge in [-0.15, -0.1) is 0 Å². The van der Waals surface area contributed by atoms with Crippen LogP contribution in [-0.4, -0.2) is 26.9 Å². The first-order chi connectivity index (χ1) is 7.99. The monoisotopic (exact) mass is 240 g/mol. The predicted octanol–water partition coefficient (Wildman–Crippen LogP) is -0.159. The Morgan fingerprint density at radius 3 is 2.76 bits per heavy atom. The van der Waals surface area contributed by atoms with Crippen LogP contribution in [-0.2, 0) is 4.74 Å². The third kappa shape index (κ3) is 2.32. The second-order valence-corrected chi connectivity index (χ2v) is 4.62. The molecule has 1 aliphatic heterocycles. The number of hydrogen-bond acceptors (Lipinski definition) is 4. The summed E-state index contributed by atoms with van der Waals surface area (Å²) in [7, 11) is 0. The van der Waals surface area contributed by atoms with Crippen molar-refractivity contribution in [2.45, 2.75) is 38.7 Å². The van der Waals surface area contributed by atoms with Crippen LogP contribution in [0.1, 0.15) is 26.5 Å². The topological polar surface area (TPSA) is 84.3 Å². The van der Waals surface area contributed by atoms with E-state index in [1.807, 2.05) is 13.8 Å². The van der Waals surface area contributed by atoms with Gasteiger partial charge in [-0.2, -0.15) is 0 Å². The minimum Gasteiger partial charge on any atom is -0.390 e. The molecule has 1 aromatic rings. The van der Waals surface area contributed by atoms with E-state index in [0.29, 0.717) is 6.42 Å². The summed E-state index contributed by atoms with van der Waals surface area (Å²) < 4.78 is 6.93. The fourth-order valence-electron chi connectivity index (χ4n) is 2.10. The number of H-pyrrole nitrogens is 1. The second kappa shape index (κ2) is 4.46. The molecule has 0 amide bonds. The molecule has 17 heavy (non-hydrogen) atoms. The van der Waals surface area contributed by atoms with Crippen LogP contribution in [0.15, 0.2) is 21.9 Å². The van der Waals surface area contributed by atoms with Gasteiger partial charge in [-0.25, -0.2) is 4.79 Å². The molecule has 6 heteroatoms. The lowest BCUT2D eigenvalue weighted by molar-refractivity contribution is -0.0431. The number of nitrogens with zero attached hydrogens (tertiary/aromatic N) is 1. The lowest BCUT2D eigenvalue weighted by atomic mass is 10.0. The van der Waals surface area contributed by atoms with Gasteiger partial charge in [0.1, 0.15) is 6.23 Å². The Bertz CT molecular complexity index is 505. The Morgan fingerprint density at radius 1 is 1.53 bits per heavy atom. The molecule has 6 nitrogen and oxygen atoms in total. The van der Waals surface area contributed by atoms with Gasteiger partial charge in [0, 0.05) is 18.7 Å². The molecule has 0 aromatic carbocycles. The van der Waals surface area contributed by atoms with E-state index in [4.69, 9.17) is 4.74 Å². The lowest BCUT2D eigenvalue weighted by Crippen LogP contribution is -2.31. The Balaban J connectivity index is 2.26. The normalized spacial score (nSPS) is 28.8. The van der Waals surface area contributed by atoms with E-state index in [1.54, 1.807) is 0 Å². The van der Waals surface area contributed by atoms with Crippen LogP contribution in [0.5, 0.6) is 0 Å². The number of aromatic amines is 1. The van der Waals surface area contributed by atoms with Crippen molar-refractivity contribution in [1.29, 1.82) is 0 Å². The SMILES string of the molecule is CC(C)[C@H]1O[C@@H](n2ccc(=O)[nH]c2=O)CC1O. The number of hydrogen-bond donors (Lipinski definition) is 2. The van der Waals surface area contributed by atoms with Gasteiger partial charge < -0.3 is 9.84 Å². The summed E-state index contributed by atoms with van der Waals surface area (Å²) in [5.41, 5.74) is -0.954. The molecule has 2 heterocycles. The first-order valence-electron chi connectivity index (χ1n) is 5.64. The van der Waals surface area contributed by atoms with Gasteiger partial charge in [0.2, 0.25) is 0 Å². The van der Waals surface area contributed by atoms with Crippen LogP contribution in [0.25, 0.3) is 0 Å². The van der Waals surface area contributed by atoms with Crippen LogP contribution in [0.2, 0.25) is 0 Å². The molecular formula is C11H16N2O4. The first-order valence-corrected chi connectivity index (χ1v) is 5.64. The minimum absolute atomic E-state index is 0.175. The predicted molar refractivity (Wildman–Crippen MR) is 60.7 cm³/mol. The average molecular weight is 240 g/mol. The van der Waals surface area contributed by atoms with Crippen molar-refractivity contribution in [3.8, 4) is 0 Å². The molecule has 1 unspecified atom stereocenters. The zero-order chi connectivity index (χ0) is 12.6. The Kier molecular flexibility index (Phi) is 3.17. The smallest absolute Gasteiger partial charge is 0.330 e. The Labute approximate surface area is 97.9 Å². The van der Waals surface area contributed by atoms with Crippen LogP contribution < -0.4 is 11.2 Å². The number of ether oxygens (including phenoxy) is 1. The van der Waals surface area contributed by atoms with E-state index in [9.17, 15) is 14.7 Å². The number of aliphatic hydroxyl groups excluding tert-OH is 1. The quantitative estimate of drug-likeness (QED) is 0.752. The van der Waals surface area contributed by atoms with Gasteiger partial charge in [-0.3, -0.25) is 14.3 Å². The second-order valence-electron chi connectivity index (χ2n) is 4.62. The fraction of sp³-hybridized carbons (Fsp3) is 0.636. The van der Waals surface area contributed by atoms with Crippen LogP contribution in [0, 0.1) is 5.92 Å². The van der Waals surface area contributed by atoms with Gasteiger partial charge >= 0.3 is 5.69 Å². The third-order valence-corrected chi connectivity index (χ3v) is 2.96. The van der Waals surface area contributed by atoms with Gasteiger partial charge in [-0.1, -0.05) is 13.8 Å². The molecular weight excluding hydrogens is 224 g/mol. The van der Waals surface area contributed by atoms with E-state index in [-0.39, 0.29) is 12.0 Å². The minimum atomic E-state index is -0.584. The molecule has 0 saturated carbocycles. The number of aromatic nitrogens is 2. The summed E-state index contributed by atoms with van der Waals surface area (Å²) in [4.78, 5) is 24.7. The van der Waals surface area contributed by atoms with Crippen LogP contribution in [0.4, 0.5) is 0 Å². The number of nitrogens with one attached hydrogen (secondary N) is 1.